The Morgan fingerprint density at radius 1 is 0.700 bits per heavy atom. The number of ether oxygens (including phenoxy) is 1. The van der Waals surface area contributed by atoms with Gasteiger partial charge >= 0.3 is 0 Å². The molecule has 4 aromatic carbocycles. The Bertz CT molecular complexity index is 1180. The first-order chi connectivity index (χ1) is 14.7. The molecule has 0 radical (unpaired) electrons. The Kier molecular flexibility index (Phi) is 5.85. The third-order valence-corrected chi connectivity index (χ3v) is 4.80. The minimum Gasteiger partial charge on any atom is -0.455 e. The zero-order valence-electron chi connectivity index (χ0n) is 16.4. The number of ketones is 1. The lowest BCUT2D eigenvalue weighted by Gasteiger charge is -2.12. The molecule has 4 aromatic rings. The lowest BCUT2D eigenvalue weighted by molar-refractivity contribution is -0.116. The van der Waals surface area contributed by atoms with Gasteiger partial charge < -0.3 is 10.1 Å². The molecule has 148 valence electrons. The van der Waals surface area contributed by atoms with Gasteiger partial charge in [0.05, 0.1) is 5.69 Å². The second kappa shape index (κ2) is 9.05. The number of rotatable bonds is 7. The predicted octanol–water partition coefficient (Wildman–Crippen LogP) is 6.23. The number of anilines is 1. The van der Waals surface area contributed by atoms with E-state index in [0.717, 1.165) is 10.8 Å². The van der Waals surface area contributed by atoms with E-state index < -0.39 is 0 Å². The summed E-state index contributed by atoms with van der Waals surface area (Å²) in [5, 5.41) is 4.78. The van der Waals surface area contributed by atoms with Crippen LogP contribution in [-0.4, -0.2) is 11.7 Å². The standard InChI is InChI=1S/C26H21NO3/c28-24(22-14-8-10-19-9-4-5-13-21(19)22)17-18-26(29)27-23-15-6-7-16-25(23)30-20-11-2-1-3-12-20/h1-16H,17-18H2,(H,27,29). The molecule has 1 N–H and O–H groups in total. The molecule has 1 amide bonds. The number of amides is 1. The van der Waals surface area contributed by atoms with Crippen LogP contribution in [0.1, 0.15) is 23.2 Å². The smallest absolute Gasteiger partial charge is 0.224 e. The lowest BCUT2D eigenvalue weighted by Crippen LogP contribution is -2.14. The van der Waals surface area contributed by atoms with Crippen molar-refractivity contribution in [2.24, 2.45) is 0 Å². The van der Waals surface area contributed by atoms with E-state index in [9.17, 15) is 9.59 Å². The molecule has 0 aromatic heterocycles. The van der Waals surface area contributed by atoms with Crippen molar-refractivity contribution < 1.29 is 14.3 Å². The molecule has 0 aliphatic carbocycles. The summed E-state index contributed by atoms with van der Waals surface area (Å²) in [5.74, 6) is 0.964. The molecule has 0 aliphatic heterocycles. The number of para-hydroxylation sites is 3. The highest BCUT2D eigenvalue weighted by atomic mass is 16.5. The highest BCUT2D eigenvalue weighted by Gasteiger charge is 2.13. The molecule has 0 bridgehead atoms. The number of nitrogens with one attached hydrogen (secondary N) is 1. The van der Waals surface area contributed by atoms with Crippen LogP contribution in [0.4, 0.5) is 5.69 Å². The summed E-state index contributed by atoms with van der Waals surface area (Å²) in [6.45, 7) is 0. The van der Waals surface area contributed by atoms with Gasteiger partial charge in [0.25, 0.3) is 0 Å². The fraction of sp³-hybridized carbons (Fsp3) is 0.0769. The molecule has 0 atom stereocenters. The number of carbonyl (C=O) groups excluding carboxylic acids is 2. The quantitative estimate of drug-likeness (QED) is 0.377. The molecule has 30 heavy (non-hydrogen) atoms. The van der Waals surface area contributed by atoms with Gasteiger partial charge in [0.15, 0.2) is 11.5 Å². The Labute approximate surface area is 175 Å². The van der Waals surface area contributed by atoms with Crippen molar-refractivity contribution in [3.05, 3.63) is 103 Å². The van der Waals surface area contributed by atoms with Gasteiger partial charge in [-0.1, -0.05) is 72.8 Å². The Morgan fingerprint density at radius 2 is 1.40 bits per heavy atom. The maximum Gasteiger partial charge on any atom is 0.224 e. The molecule has 4 rings (SSSR count). The van der Waals surface area contributed by atoms with Gasteiger partial charge in [0.1, 0.15) is 5.75 Å². The zero-order chi connectivity index (χ0) is 20.8. The third-order valence-electron chi connectivity index (χ3n) is 4.80. The first-order valence-electron chi connectivity index (χ1n) is 9.83. The van der Waals surface area contributed by atoms with E-state index >= 15 is 0 Å². The molecule has 4 nitrogen and oxygen atoms in total. The molecule has 0 saturated carbocycles. The van der Waals surface area contributed by atoms with E-state index in [1.54, 1.807) is 12.1 Å². The number of benzene rings is 4. The minimum absolute atomic E-state index is 0.0456. The summed E-state index contributed by atoms with van der Waals surface area (Å²) >= 11 is 0. The van der Waals surface area contributed by atoms with Crippen molar-refractivity contribution in [1.29, 1.82) is 0 Å². The van der Waals surface area contributed by atoms with Crippen molar-refractivity contribution in [2.75, 3.05) is 5.32 Å². The van der Waals surface area contributed by atoms with Crippen LogP contribution in [0, 0.1) is 0 Å². The van der Waals surface area contributed by atoms with Crippen LogP contribution in [0.5, 0.6) is 11.5 Å². The van der Waals surface area contributed by atoms with Crippen molar-refractivity contribution in [1.82, 2.24) is 0 Å². The Hall–Kier alpha value is -3.92. The Morgan fingerprint density at radius 3 is 2.27 bits per heavy atom. The third kappa shape index (κ3) is 4.55. The van der Waals surface area contributed by atoms with Crippen LogP contribution < -0.4 is 10.1 Å². The highest BCUT2D eigenvalue weighted by Crippen LogP contribution is 2.29. The summed E-state index contributed by atoms with van der Waals surface area (Å²) in [5.41, 5.74) is 1.22. The predicted molar refractivity (Wildman–Crippen MR) is 119 cm³/mol. The van der Waals surface area contributed by atoms with Crippen LogP contribution in [0.3, 0.4) is 0 Å². The van der Waals surface area contributed by atoms with Gasteiger partial charge in [-0.3, -0.25) is 9.59 Å². The fourth-order valence-electron chi connectivity index (χ4n) is 3.32. The van der Waals surface area contributed by atoms with Gasteiger partial charge in [0, 0.05) is 18.4 Å². The van der Waals surface area contributed by atoms with Gasteiger partial charge in [-0.25, -0.2) is 0 Å². The van der Waals surface area contributed by atoms with Crippen LogP contribution >= 0.6 is 0 Å². The number of hydrogen-bond donors (Lipinski definition) is 1. The molecule has 4 heteroatoms. The molecule has 0 heterocycles. The molecular weight excluding hydrogens is 374 g/mol. The van der Waals surface area contributed by atoms with Gasteiger partial charge in [-0.2, -0.15) is 0 Å². The summed E-state index contributed by atoms with van der Waals surface area (Å²) in [6, 6.07) is 30.0. The number of Topliss-reactive ketones (excluding diaryl/α,β-unsaturated/α-hetero) is 1. The van der Waals surface area contributed by atoms with Crippen molar-refractivity contribution in [3.63, 3.8) is 0 Å². The van der Waals surface area contributed by atoms with E-state index in [4.69, 9.17) is 4.74 Å². The number of fused-ring (bicyclic) bond motifs is 1. The molecular formula is C26H21NO3. The topological polar surface area (TPSA) is 55.4 Å². The largest absolute Gasteiger partial charge is 0.455 e. The summed E-state index contributed by atoms with van der Waals surface area (Å²) in [7, 11) is 0. The van der Waals surface area contributed by atoms with Gasteiger partial charge in [-0.05, 0) is 35.0 Å². The number of carbonyl (C=O) groups is 2. The second-order valence-corrected chi connectivity index (χ2v) is 6.91. The zero-order valence-corrected chi connectivity index (χ0v) is 16.4. The summed E-state index contributed by atoms with van der Waals surface area (Å²) in [6.07, 6.45) is 0.239. The fourth-order valence-corrected chi connectivity index (χ4v) is 3.32. The average molecular weight is 395 g/mol. The second-order valence-electron chi connectivity index (χ2n) is 6.91. The van der Waals surface area contributed by atoms with Crippen molar-refractivity contribution in [2.45, 2.75) is 12.8 Å². The average Bonchev–Trinajstić information content (AvgIpc) is 2.79. The monoisotopic (exact) mass is 395 g/mol. The Balaban J connectivity index is 1.41. The van der Waals surface area contributed by atoms with Crippen molar-refractivity contribution >= 4 is 28.2 Å². The lowest BCUT2D eigenvalue weighted by atomic mass is 9.99. The molecule has 0 aliphatic rings. The van der Waals surface area contributed by atoms with Gasteiger partial charge in [-0.15, -0.1) is 0 Å². The van der Waals surface area contributed by atoms with E-state index in [2.05, 4.69) is 5.32 Å². The number of hydrogen-bond acceptors (Lipinski definition) is 3. The molecule has 0 saturated heterocycles. The first-order valence-corrected chi connectivity index (χ1v) is 9.83. The van der Waals surface area contributed by atoms with Crippen LogP contribution in [0.15, 0.2) is 97.1 Å². The highest BCUT2D eigenvalue weighted by molar-refractivity contribution is 6.09. The van der Waals surface area contributed by atoms with Gasteiger partial charge in [0.2, 0.25) is 5.91 Å². The maximum atomic E-state index is 12.7. The van der Waals surface area contributed by atoms with E-state index in [1.165, 1.54) is 0 Å². The summed E-state index contributed by atoms with van der Waals surface area (Å²) < 4.78 is 5.87. The van der Waals surface area contributed by atoms with Crippen LogP contribution in [-0.2, 0) is 4.79 Å². The normalized spacial score (nSPS) is 10.5. The van der Waals surface area contributed by atoms with Crippen LogP contribution in [0.25, 0.3) is 10.8 Å². The van der Waals surface area contributed by atoms with E-state index in [0.29, 0.717) is 22.7 Å². The minimum atomic E-state index is -0.229. The first kappa shape index (κ1) is 19.4. The van der Waals surface area contributed by atoms with E-state index in [-0.39, 0.29) is 24.5 Å². The van der Waals surface area contributed by atoms with Crippen LogP contribution in [0.2, 0.25) is 0 Å². The maximum absolute atomic E-state index is 12.7. The SMILES string of the molecule is O=C(CCC(=O)c1cccc2ccccc12)Nc1ccccc1Oc1ccccc1. The van der Waals surface area contributed by atoms with E-state index in [1.807, 2.05) is 84.9 Å². The summed E-state index contributed by atoms with van der Waals surface area (Å²) in [4.78, 5) is 25.2. The molecule has 0 spiro atoms. The molecule has 0 unspecified atom stereocenters. The molecule has 0 fully saturated rings. The van der Waals surface area contributed by atoms with Crippen molar-refractivity contribution in [3.8, 4) is 11.5 Å².